The Balaban J connectivity index is 1.20. The Morgan fingerprint density at radius 1 is 1.11 bits per heavy atom. The number of methoxy groups -OCH3 is 1. The number of halogens is 3. The molecule has 2 N–H and O–H groups in total. The minimum absolute atomic E-state index is 0.00662. The molecule has 1 spiro atoms. The van der Waals surface area contributed by atoms with Crippen molar-refractivity contribution in [3.05, 3.63) is 91.6 Å². The normalized spacial score (nSPS) is 18.3. The van der Waals surface area contributed by atoms with Crippen LogP contribution in [-0.2, 0) is 18.3 Å². The number of nitrogens with one attached hydrogen (secondary N) is 2. The molecule has 46 heavy (non-hydrogen) atoms. The van der Waals surface area contributed by atoms with Crippen LogP contribution in [0.3, 0.4) is 0 Å². The topological polar surface area (TPSA) is 118 Å². The zero-order chi connectivity index (χ0) is 32.3. The van der Waals surface area contributed by atoms with E-state index in [9.17, 15) is 14.4 Å². The smallest absolute Gasteiger partial charge is 0.279 e. The van der Waals surface area contributed by atoms with Crippen LogP contribution in [0.1, 0.15) is 46.8 Å². The fourth-order valence-corrected chi connectivity index (χ4v) is 7.51. The number of aromatic nitrogens is 3. The molecule has 1 aliphatic carbocycles. The number of rotatable bonds is 6. The molecule has 2 aromatic heterocycles. The average molecular weight is 664 g/mol. The molecule has 3 aliphatic rings. The Labute approximate surface area is 273 Å². The summed E-state index contributed by atoms with van der Waals surface area (Å²) in [6.07, 6.45) is 4.49. The molecule has 1 atom stereocenters. The summed E-state index contributed by atoms with van der Waals surface area (Å²) in [4.78, 5) is 44.4. The van der Waals surface area contributed by atoms with Crippen LogP contribution in [0.5, 0.6) is 5.88 Å². The maximum Gasteiger partial charge on any atom is 0.279 e. The van der Waals surface area contributed by atoms with Crippen LogP contribution in [0.25, 0.3) is 22.4 Å². The van der Waals surface area contributed by atoms with Gasteiger partial charge in [-0.1, -0.05) is 41.4 Å². The second-order valence-electron chi connectivity index (χ2n) is 12.0. The number of pyridine rings is 1. The molecule has 7 rings (SSSR count). The molecule has 10 nitrogen and oxygen atoms in total. The molecule has 4 heterocycles. The van der Waals surface area contributed by atoms with Gasteiger partial charge in [0.25, 0.3) is 11.5 Å². The molecule has 2 fully saturated rings. The Hall–Kier alpha value is -4.32. The number of hydrogen-bond donors (Lipinski definition) is 2. The third-order valence-corrected chi connectivity index (χ3v) is 9.94. The van der Waals surface area contributed by atoms with Gasteiger partial charge in [0, 0.05) is 61.1 Å². The van der Waals surface area contributed by atoms with Crippen LogP contribution in [-0.4, -0.2) is 57.2 Å². The number of likely N-dealkylation sites (tertiary alicyclic amines) is 1. The van der Waals surface area contributed by atoms with Crippen LogP contribution in [0.4, 0.5) is 10.1 Å². The van der Waals surface area contributed by atoms with Gasteiger partial charge in [-0.2, -0.15) is 5.10 Å². The molecular weight excluding hydrogens is 634 g/mol. The van der Waals surface area contributed by atoms with E-state index in [0.717, 1.165) is 48.2 Å². The van der Waals surface area contributed by atoms with Crippen molar-refractivity contribution < 1.29 is 18.7 Å². The summed E-state index contributed by atoms with van der Waals surface area (Å²) in [6.45, 7) is 1.60. The predicted octanol–water partition coefficient (Wildman–Crippen LogP) is 5.17. The highest BCUT2D eigenvalue weighted by Gasteiger charge is 2.51. The van der Waals surface area contributed by atoms with E-state index in [0.29, 0.717) is 29.1 Å². The summed E-state index contributed by atoms with van der Waals surface area (Å²) < 4.78 is 22.3. The fourth-order valence-electron chi connectivity index (χ4n) is 6.89. The van der Waals surface area contributed by atoms with Crippen LogP contribution >= 0.6 is 23.2 Å². The Kier molecular flexibility index (Phi) is 7.57. The number of carbonyl (C=O) groups excluding carboxylic acids is 2. The van der Waals surface area contributed by atoms with E-state index < -0.39 is 17.3 Å². The van der Waals surface area contributed by atoms with Crippen molar-refractivity contribution in [1.82, 2.24) is 25.0 Å². The highest BCUT2D eigenvalue weighted by atomic mass is 35.5. The molecule has 0 bridgehead atoms. The number of amides is 2. The molecule has 2 aliphatic heterocycles. The number of carbonyl (C=O) groups is 2. The lowest BCUT2D eigenvalue weighted by molar-refractivity contribution is -0.121. The van der Waals surface area contributed by atoms with Crippen molar-refractivity contribution in [2.75, 3.05) is 25.5 Å². The summed E-state index contributed by atoms with van der Waals surface area (Å²) in [5.74, 6) is -0.736. The summed E-state index contributed by atoms with van der Waals surface area (Å²) in [5.41, 5.74) is 2.82. The molecule has 0 unspecified atom stereocenters. The van der Waals surface area contributed by atoms with E-state index in [2.05, 4.69) is 20.6 Å². The molecule has 4 aromatic rings. The third-order valence-electron chi connectivity index (χ3n) is 9.14. The number of ether oxygens (including phenoxy) is 1. The number of benzene rings is 2. The average Bonchev–Trinajstić information content (AvgIpc) is 3.63. The number of hydrogen-bond acceptors (Lipinski definition) is 7. The monoisotopic (exact) mass is 662 g/mol. The SMILES string of the molecule is COc1nc(-c2cccc(-c3c(F)ccc(NC(=O)c4ccnn(C)c4=O)c3Cl)c2Cl)cc2c1[C@@H](N1CC3(CCC(=O)N3)C1)CC2. The van der Waals surface area contributed by atoms with Gasteiger partial charge in [-0.25, -0.2) is 14.1 Å². The molecule has 0 radical (unpaired) electrons. The van der Waals surface area contributed by atoms with Gasteiger partial charge in [-0.05, 0) is 49.1 Å². The van der Waals surface area contributed by atoms with Crippen LogP contribution in [0.15, 0.2) is 53.5 Å². The van der Waals surface area contributed by atoms with Crippen LogP contribution < -0.4 is 20.9 Å². The van der Waals surface area contributed by atoms with E-state index in [1.54, 1.807) is 25.3 Å². The van der Waals surface area contributed by atoms with Gasteiger partial charge < -0.3 is 15.4 Å². The van der Waals surface area contributed by atoms with Crippen molar-refractivity contribution in [1.29, 1.82) is 0 Å². The van der Waals surface area contributed by atoms with E-state index in [4.69, 9.17) is 32.9 Å². The largest absolute Gasteiger partial charge is 0.481 e. The molecule has 2 aromatic carbocycles. The molecule has 236 valence electrons. The summed E-state index contributed by atoms with van der Waals surface area (Å²) in [5, 5.41) is 9.72. The van der Waals surface area contributed by atoms with E-state index in [1.807, 2.05) is 6.07 Å². The lowest BCUT2D eigenvalue weighted by Gasteiger charge is -2.50. The number of fused-ring (bicyclic) bond motifs is 1. The second-order valence-corrected chi connectivity index (χ2v) is 12.7. The zero-order valence-electron chi connectivity index (χ0n) is 25.0. The molecule has 2 amide bonds. The number of nitrogens with zero attached hydrogens (tertiary/aromatic N) is 4. The van der Waals surface area contributed by atoms with Gasteiger partial charge in [0.05, 0.1) is 34.1 Å². The number of aryl methyl sites for hydroxylation is 2. The highest BCUT2D eigenvalue weighted by molar-refractivity contribution is 6.39. The van der Waals surface area contributed by atoms with Gasteiger partial charge in [0.15, 0.2) is 0 Å². The molecule has 13 heteroatoms. The first kappa shape index (κ1) is 30.3. The summed E-state index contributed by atoms with van der Waals surface area (Å²) in [7, 11) is 3.02. The van der Waals surface area contributed by atoms with Gasteiger partial charge in [0.1, 0.15) is 11.4 Å². The summed E-state index contributed by atoms with van der Waals surface area (Å²) >= 11 is 13.7. The van der Waals surface area contributed by atoms with Crippen molar-refractivity contribution in [2.24, 2.45) is 7.05 Å². The van der Waals surface area contributed by atoms with Crippen molar-refractivity contribution in [3.63, 3.8) is 0 Å². The first-order valence-electron chi connectivity index (χ1n) is 14.8. The van der Waals surface area contributed by atoms with Crippen LogP contribution in [0, 0.1) is 5.82 Å². The first-order chi connectivity index (χ1) is 22.1. The first-order valence-corrected chi connectivity index (χ1v) is 15.6. The highest BCUT2D eigenvalue weighted by Crippen LogP contribution is 2.48. The van der Waals surface area contributed by atoms with E-state index in [1.165, 1.54) is 31.4 Å². The van der Waals surface area contributed by atoms with Crippen molar-refractivity contribution in [3.8, 4) is 28.3 Å². The lowest BCUT2D eigenvalue weighted by Crippen LogP contribution is -2.67. The van der Waals surface area contributed by atoms with Gasteiger partial charge in [-0.3, -0.25) is 19.3 Å². The van der Waals surface area contributed by atoms with E-state index >= 15 is 4.39 Å². The van der Waals surface area contributed by atoms with Crippen molar-refractivity contribution in [2.45, 2.75) is 37.3 Å². The Morgan fingerprint density at radius 3 is 2.63 bits per heavy atom. The van der Waals surface area contributed by atoms with Gasteiger partial charge >= 0.3 is 0 Å². The second kappa shape index (κ2) is 11.5. The molecule has 2 saturated heterocycles. The predicted molar refractivity (Wildman–Crippen MR) is 172 cm³/mol. The third kappa shape index (κ3) is 5.03. The Bertz CT molecular complexity index is 1990. The van der Waals surface area contributed by atoms with E-state index in [-0.39, 0.29) is 44.3 Å². The molecule has 0 saturated carbocycles. The minimum Gasteiger partial charge on any atom is -0.481 e. The number of anilines is 1. The lowest BCUT2D eigenvalue weighted by atomic mass is 9.86. The van der Waals surface area contributed by atoms with Crippen molar-refractivity contribution >= 4 is 40.7 Å². The minimum atomic E-state index is -0.712. The fraction of sp³-hybridized carbons (Fsp3) is 0.303. The standard InChI is InChI=1S/C33H29Cl2FN6O4/c1-41-32(45)20(11-13-37-41)30(44)38-22-8-7-21(36)27(29(22)35)19-5-3-4-18(28(19)34)23-14-17-6-9-24(26(17)31(39-23)46-2)42-15-33(16-42)12-10-25(43)40-33/h3-5,7-8,11,13-14,24H,6,9-10,12,15-16H2,1-2H3,(H,38,44)(H,40,43)/t24-/m0/s1. The van der Waals surface area contributed by atoms with Gasteiger partial charge in [-0.15, -0.1) is 0 Å². The maximum absolute atomic E-state index is 15.4. The zero-order valence-corrected chi connectivity index (χ0v) is 26.5. The van der Waals surface area contributed by atoms with Crippen LogP contribution in [0.2, 0.25) is 10.0 Å². The maximum atomic E-state index is 15.4. The Morgan fingerprint density at radius 2 is 1.89 bits per heavy atom. The quantitative estimate of drug-likeness (QED) is 0.293. The molecular formula is C33H29Cl2FN6O4. The van der Waals surface area contributed by atoms with Gasteiger partial charge in [0.2, 0.25) is 11.8 Å². The summed E-state index contributed by atoms with van der Waals surface area (Å²) in [6, 6.07) is 11.1.